The van der Waals surface area contributed by atoms with Crippen LogP contribution in [0.2, 0.25) is 0 Å². The summed E-state index contributed by atoms with van der Waals surface area (Å²) in [6, 6.07) is 7.02. The molecule has 0 heterocycles. The molecule has 1 amide bonds. The van der Waals surface area contributed by atoms with E-state index in [4.69, 9.17) is 0 Å². The van der Waals surface area contributed by atoms with Gasteiger partial charge in [-0.3, -0.25) is 14.9 Å². The fraction of sp³-hybridized carbons (Fsp3) is 0. The quantitative estimate of drug-likeness (QED) is 0.669. The van der Waals surface area contributed by atoms with Gasteiger partial charge in [-0.05, 0) is 40.2 Å². The molecule has 0 atom stereocenters. The first-order valence-electron chi connectivity index (χ1n) is 5.59. The van der Waals surface area contributed by atoms with E-state index in [1.807, 2.05) is 0 Å². The zero-order chi connectivity index (χ0) is 15.6. The average molecular weight is 357 g/mol. The lowest BCUT2D eigenvalue weighted by Gasteiger charge is -2.07. The summed E-state index contributed by atoms with van der Waals surface area (Å²) in [6.07, 6.45) is 0. The number of hydrogen-bond donors (Lipinski definition) is 1. The van der Waals surface area contributed by atoms with Crippen molar-refractivity contribution >= 4 is 33.2 Å². The molecule has 0 fully saturated rings. The molecule has 21 heavy (non-hydrogen) atoms. The number of nitrogens with one attached hydrogen (secondary N) is 1. The lowest BCUT2D eigenvalue weighted by molar-refractivity contribution is -0.387. The number of benzene rings is 2. The molecular formula is C13H7BrF2N2O3. The van der Waals surface area contributed by atoms with Gasteiger partial charge < -0.3 is 5.32 Å². The summed E-state index contributed by atoms with van der Waals surface area (Å²) in [4.78, 5) is 21.6. The minimum Gasteiger partial charge on any atom is -0.322 e. The molecule has 2 aromatic rings. The highest BCUT2D eigenvalue weighted by molar-refractivity contribution is 9.10. The normalized spacial score (nSPS) is 10.2. The number of nitro groups is 1. The van der Waals surface area contributed by atoms with E-state index in [2.05, 4.69) is 21.2 Å². The van der Waals surface area contributed by atoms with Crippen LogP contribution in [0.1, 0.15) is 10.4 Å². The van der Waals surface area contributed by atoms with Crippen molar-refractivity contribution in [2.24, 2.45) is 0 Å². The molecule has 0 radical (unpaired) electrons. The van der Waals surface area contributed by atoms with Gasteiger partial charge in [0.1, 0.15) is 5.82 Å². The van der Waals surface area contributed by atoms with Crippen LogP contribution < -0.4 is 5.32 Å². The van der Waals surface area contributed by atoms with E-state index in [0.717, 1.165) is 18.2 Å². The lowest BCUT2D eigenvalue weighted by atomic mass is 10.2. The number of nitro benzene ring substituents is 1. The van der Waals surface area contributed by atoms with E-state index >= 15 is 0 Å². The molecule has 0 aliphatic heterocycles. The van der Waals surface area contributed by atoms with Crippen molar-refractivity contribution < 1.29 is 18.5 Å². The van der Waals surface area contributed by atoms with Gasteiger partial charge in [0.25, 0.3) is 5.91 Å². The Morgan fingerprint density at radius 3 is 2.62 bits per heavy atom. The Morgan fingerprint density at radius 2 is 1.95 bits per heavy atom. The molecule has 0 spiro atoms. The fourth-order valence-electron chi connectivity index (χ4n) is 1.61. The van der Waals surface area contributed by atoms with Crippen molar-refractivity contribution in [1.82, 2.24) is 0 Å². The number of carbonyl (C=O) groups is 1. The van der Waals surface area contributed by atoms with Gasteiger partial charge in [0.05, 0.1) is 15.0 Å². The maximum absolute atomic E-state index is 13.8. The molecule has 108 valence electrons. The molecule has 8 heteroatoms. The Morgan fingerprint density at radius 1 is 1.24 bits per heavy atom. The van der Waals surface area contributed by atoms with E-state index in [1.165, 1.54) is 18.2 Å². The Balaban J connectivity index is 2.30. The second-order valence-electron chi connectivity index (χ2n) is 3.98. The third-order valence-corrected chi connectivity index (χ3v) is 3.21. The monoisotopic (exact) mass is 356 g/mol. The summed E-state index contributed by atoms with van der Waals surface area (Å²) >= 11 is 2.95. The topological polar surface area (TPSA) is 72.2 Å². The maximum atomic E-state index is 13.8. The number of rotatable bonds is 3. The van der Waals surface area contributed by atoms with Crippen LogP contribution in [-0.2, 0) is 0 Å². The number of anilines is 1. The van der Waals surface area contributed by atoms with Crippen LogP contribution in [0.3, 0.4) is 0 Å². The standard InChI is InChI=1S/C13H7BrF2N2O3/c14-9-3-1-2-8(12(9)16)13(19)17-7-4-5-10(15)11(6-7)18(20)21/h1-6H,(H,17,19). The van der Waals surface area contributed by atoms with Crippen molar-refractivity contribution in [2.75, 3.05) is 5.32 Å². The van der Waals surface area contributed by atoms with Gasteiger partial charge in [0, 0.05) is 11.8 Å². The predicted molar refractivity (Wildman–Crippen MR) is 75.1 cm³/mol. The zero-order valence-corrected chi connectivity index (χ0v) is 11.9. The number of carbonyl (C=O) groups excluding carboxylic acids is 1. The molecule has 0 aliphatic carbocycles. The van der Waals surface area contributed by atoms with Gasteiger partial charge in [0.15, 0.2) is 0 Å². The molecule has 2 rings (SSSR count). The summed E-state index contributed by atoms with van der Waals surface area (Å²) in [5, 5.41) is 12.9. The Labute approximate surface area is 125 Å². The van der Waals surface area contributed by atoms with Crippen molar-refractivity contribution in [3.8, 4) is 0 Å². The summed E-state index contributed by atoms with van der Waals surface area (Å²) in [5.41, 5.74) is -1.02. The van der Waals surface area contributed by atoms with Crippen LogP contribution in [0.25, 0.3) is 0 Å². The van der Waals surface area contributed by atoms with Crippen LogP contribution in [0, 0.1) is 21.7 Å². The number of nitrogens with zero attached hydrogens (tertiary/aromatic N) is 1. The van der Waals surface area contributed by atoms with Gasteiger partial charge >= 0.3 is 5.69 Å². The average Bonchev–Trinajstić information content (AvgIpc) is 2.43. The second kappa shape index (κ2) is 5.96. The molecule has 0 unspecified atom stereocenters. The van der Waals surface area contributed by atoms with Crippen molar-refractivity contribution in [2.45, 2.75) is 0 Å². The van der Waals surface area contributed by atoms with E-state index in [9.17, 15) is 23.7 Å². The first-order valence-corrected chi connectivity index (χ1v) is 6.38. The summed E-state index contributed by atoms with van der Waals surface area (Å²) < 4.78 is 27.0. The van der Waals surface area contributed by atoms with E-state index in [1.54, 1.807) is 0 Å². The van der Waals surface area contributed by atoms with Gasteiger partial charge in [-0.15, -0.1) is 0 Å². The Kier molecular flexibility index (Phi) is 4.27. The van der Waals surface area contributed by atoms with Gasteiger partial charge in [0.2, 0.25) is 5.82 Å². The lowest BCUT2D eigenvalue weighted by Crippen LogP contribution is -2.14. The molecule has 0 bridgehead atoms. The van der Waals surface area contributed by atoms with Crippen LogP contribution in [0.4, 0.5) is 20.2 Å². The maximum Gasteiger partial charge on any atom is 0.306 e. The number of halogens is 3. The smallest absolute Gasteiger partial charge is 0.306 e. The molecule has 5 nitrogen and oxygen atoms in total. The van der Waals surface area contributed by atoms with E-state index in [0.29, 0.717) is 0 Å². The largest absolute Gasteiger partial charge is 0.322 e. The highest BCUT2D eigenvalue weighted by Crippen LogP contribution is 2.23. The third-order valence-electron chi connectivity index (χ3n) is 2.60. The van der Waals surface area contributed by atoms with Crippen molar-refractivity contribution in [3.05, 3.63) is 68.2 Å². The zero-order valence-electron chi connectivity index (χ0n) is 10.3. The summed E-state index contributed by atoms with van der Waals surface area (Å²) in [5.74, 6) is -2.58. The van der Waals surface area contributed by atoms with Crippen LogP contribution >= 0.6 is 15.9 Å². The van der Waals surface area contributed by atoms with Crippen LogP contribution in [-0.4, -0.2) is 10.8 Å². The molecule has 0 saturated heterocycles. The minimum atomic E-state index is -1.02. The van der Waals surface area contributed by atoms with Gasteiger partial charge in [-0.1, -0.05) is 6.07 Å². The Bertz CT molecular complexity index is 737. The third kappa shape index (κ3) is 3.22. The Hall–Kier alpha value is -2.35. The first-order chi connectivity index (χ1) is 9.90. The first kappa shape index (κ1) is 15.0. The number of hydrogen-bond acceptors (Lipinski definition) is 3. The summed E-state index contributed by atoms with van der Waals surface area (Å²) in [7, 11) is 0. The fourth-order valence-corrected chi connectivity index (χ4v) is 1.97. The molecule has 2 aromatic carbocycles. The van der Waals surface area contributed by atoms with Crippen LogP contribution in [0.5, 0.6) is 0 Å². The molecule has 0 aromatic heterocycles. The second-order valence-corrected chi connectivity index (χ2v) is 4.83. The minimum absolute atomic E-state index is 0.00697. The molecule has 0 aliphatic rings. The van der Waals surface area contributed by atoms with E-state index in [-0.39, 0.29) is 15.7 Å². The van der Waals surface area contributed by atoms with Crippen molar-refractivity contribution in [3.63, 3.8) is 0 Å². The SMILES string of the molecule is O=C(Nc1ccc(F)c([N+](=O)[O-])c1)c1cccc(Br)c1F. The molecular weight excluding hydrogens is 350 g/mol. The van der Waals surface area contributed by atoms with Crippen LogP contribution in [0.15, 0.2) is 40.9 Å². The highest BCUT2D eigenvalue weighted by atomic mass is 79.9. The predicted octanol–water partition coefficient (Wildman–Crippen LogP) is 3.89. The van der Waals surface area contributed by atoms with Crippen molar-refractivity contribution in [1.29, 1.82) is 0 Å². The highest BCUT2D eigenvalue weighted by Gasteiger charge is 2.18. The van der Waals surface area contributed by atoms with E-state index < -0.39 is 28.2 Å². The molecule has 1 N–H and O–H groups in total. The molecule has 0 saturated carbocycles. The van der Waals surface area contributed by atoms with Gasteiger partial charge in [-0.2, -0.15) is 4.39 Å². The van der Waals surface area contributed by atoms with Gasteiger partial charge in [-0.25, -0.2) is 4.39 Å². The number of amides is 1. The summed E-state index contributed by atoms with van der Waals surface area (Å²) in [6.45, 7) is 0.